The quantitative estimate of drug-likeness (QED) is 0.0478. The van der Waals surface area contributed by atoms with Gasteiger partial charge in [-0.15, -0.1) is 24.8 Å². The first-order valence-corrected chi connectivity index (χ1v) is 16.1. The summed E-state index contributed by atoms with van der Waals surface area (Å²) >= 11 is 11.0. The molecule has 4 nitrogen and oxygen atoms in total. The summed E-state index contributed by atoms with van der Waals surface area (Å²) in [6, 6.07) is 24.2. The van der Waals surface area contributed by atoms with E-state index in [2.05, 4.69) is 75.8 Å². The Hall–Kier alpha value is -1.86. The summed E-state index contributed by atoms with van der Waals surface area (Å²) in [5, 5.41) is 3.49. The molecule has 2 heterocycles. The van der Waals surface area contributed by atoms with Crippen LogP contribution >= 0.6 is 24.8 Å². The van der Waals surface area contributed by atoms with Crippen LogP contribution in [-0.4, -0.2) is 31.1 Å². The molecule has 0 aliphatic heterocycles. The normalized spacial score (nSPS) is 12.0. The third kappa shape index (κ3) is 14.6. The van der Waals surface area contributed by atoms with E-state index in [9.17, 15) is 0 Å². The molecular weight excluding hydrogens is 687 g/mol. The summed E-state index contributed by atoms with van der Waals surface area (Å²) < 4.78 is 0. The van der Waals surface area contributed by atoms with E-state index in [0.717, 1.165) is 46.0 Å². The van der Waals surface area contributed by atoms with Crippen molar-refractivity contribution in [2.45, 2.75) is 104 Å². The minimum absolute atomic E-state index is 0. The fourth-order valence-electron chi connectivity index (χ4n) is 4.76. The largest absolute Gasteiger partial charge is 2.00 e. The number of hydrogen-bond acceptors (Lipinski definition) is 6. The maximum Gasteiger partial charge on any atom is 2.00 e. The van der Waals surface area contributed by atoms with Gasteiger partial charge < -0.3 is 35.2 Å². The first-order valence-electron chi connectivity index (χ1n) is 15.3. The van der Waals surface area contributed by atoms with E-state index in [1.54, 1.807) is 0 Å². The zero-order valence-electron chi connectivity index (χ0n) is 27.3. The summed E-state index contributed by atoms with van der Waals surface area (Å²) in [6.45, 7) is 13.0. The molecule has 0 aliphatic rings. The molecule has 1 radical (unpaired) electrons. The number of halogens is 2. The van der Waals surface area contributed by atoms with Crippen molar-refractivity contribution in [3.8, 4) is 0 Å². The predicted octanol–water partition coefficient (Wildman–Crippen LogP) is 10.6. The molecule has 4 rings (SSSR count). The molecule has 45 heavy (non-hydrogen) atoms. The van der Waals surface area contributed by atoms with Crippen LogP contribution in [0.3, 0.4) is 0 Å². The van der Waals surface area contributed by atoms with E-state index in [-0.39, 0.29) is 53.0 Å². The van der Waals surface area contributed by atoms with Gasteiger partial charge in [-0.3, -0.25) is 0 Å². The van der Waals surface area contributed by atoms with Crippen molar-refractivity contribution in [2.24, 2.45) is 9.98 Å². The predicted molar refractivity (Wildman–Crippen MR) is 202 cm³/mol. The third-order valence-electron chi connectivity index (χ3n) is 7.23. The van der Waals surface area contributed by atoms with Crippen LogP contribution in [0.4, 0.5) is 0 Å². The molecule has 9 heteroatoms. The van der Waals surface area contributed by atoms with Crippen molar-refractivity contribution in [1.29, 1.82) is 0 Å². The maximum atomic E-state index is 5.48. The van der Waals surface area contributed by atoms with E-state index in [1.165, 1.54) is 38.5 Å². The number of pyridine rings is 2. The molecule has 2 aromatic heterocycles. The topological polar surface area (TPSA) is 50.5 Å². The van der Waals surface area contributed by atoms with Crippen LogP contribution in [0.25, 0.3) is 21.8 Å². The van der Waals surface area contributed by atoms with Crippen molar-refractivity contribution in [3.63, 3.8) is 0 Å². The monoisotopic (exact) mass is 733 g/mol. The van der Waals surface area contributed by atoms with Gasteiger partial charge in [-0.25, -0.2) is 9.97 Å². The zero-order valence-corrected chi connectivity index (χ0v) is 31.5. The Labute approximate surface area is 305 Å². The number of fused-ring (bicyclic) bond motifs is 2. The Bertz CT molecular complexity index is 1400. The molecule has 0 spiro atoms. The van der Waals surface area contributed by atoms with Crippen LogP contribution in [0, 0.1) is 0 Å². The van der Waals surface area contributed by atoms with Gasteiger partial charge in [0.05, 0.1) is 33.5 Å². The number of unbranched alkanes of at least 4 members (excludes halogenated alkanes) is 4. The molecule has 2 aromatic carbocycles. The van der Waals surface area contributed by atoms with Gasteiger partial charge in [0.25, 0.3) is 0 Å². The first-order chi connectivity index (χ1) is 20.0. The Kier molecular flexibility index (Phi) is 20.2. The molecule has 0 atom stereocenters. The van der Waals surface area contributed by atoms with Crippen molar-refractivity contribution in [3.05, 3.63) is 84.2 Å². The van der Waals surface area contributed by atoms with Gasteiger partial charge in [0, 0.05) is 10.8 Å². The second kappa shape index (κ2) is 21.1. The standard InChI is InChI=1S/2C18H24N2S.2ClH.Cu/c2*1-4-5-8-13-18(2,3)20-17(21)16-12-11-14-9-6-7-10-15(14)19-16;;;/h2*6-7,9-12H,4-5,8,13H2,1-3H3,(H,20,21);2*1H;/q;;;;+2/p-2. The van der Waals surface area contributed by atoms with Crippen LogP contribution in [0.1, 0.15) is 104 Å². The molecule has 0 fully saturated rings. The summed E-state index contributed by atoms with van der Waals surface area (Å²) in [4.78, 5) is 18.7. The van der Waals surface area contributed by atoms with Crippen molar-refractivity contribution >= 4 is 82.0 Å². The van der Waals surface area contributed by atoms with E-state index in [4.69, 9.17) is 35.2 Å². The average molecular weight is 735 g/mol. The van der Waals surface area contributed by atoms with E-state index < -0.39 is 0 Å². The summed E-state index contributed by atoms with van der Waals surface area (Å²) in [7, 11) is 0. The van der Waals surface area contributed by atoms with Crippen molar-refractivity contribution in [1.82, 2.24) is 9.97 Å². The Morgan fingerprint density at radius 1 is 0.578 bits per heavy atom. The Balaban J connectivity index is 0.000000807. The van der Waals surface area contributed by atoms with E-state index in [1.807, 2.05) is 48.5 Å². The van der Waals surface area contributed by atoms with Gasteiger partial charge in [-0.1, -0.05) is 111 Å². The number of rotatable bonds is 12. The Morgan fingerprint density at radius 3 is 1.29 bits per heavy atom. The molecule has 0 bridgehead atoms. The molecule has 0 aliphatic carbocycles. The number of aromatic nitrogens is 2. The van der Waals surface area contributed by atoms with Gasteiger partial charge in [-0.05, 0) is 64.8 Å². The molecule has 0 amide bonds. The summed E-state index contributed by atoms with van der Waals surface area (Å²) in [6.07, 6.45) is 9.48. The van der Waals surface area contributed by atoms with Gasteiger partial charge in [0.2, 0.25) is 0 Å². The van der Waals surface area contributed by atoms with E-state index in [0.29, 0.717) is 10.1 Å². The minimum atomic E-state index is -0.112. The average Bonchev–Trinajstić information content (AvgIpc) is 2.96. The maximum absolute atomic E-state index is 5.48. The molecule has 249 valence electrons. The molecule has 0 unspecified atom stereocenters. The van der Waals surface area contributed by atoms with Crippen molar-refractivity contribution < 1.29 is 17.1 Å². The van der Waals surface area contributed by atoms with Crippen LogP contribution in [-0.2, 0) is 42.3 Å². The summed E-state index contributed by atoms with van der Waals surface area (Å²) in [5.74, 6) is 0. The SMILES string of the molecule is CCCCCC(C)(C)N=C([S-])c1ccc2ccccc2n1.CCCCCC(C)(C)N=C([S-])c1ccc2ccccc2n1.Cl.Cl.[Cu+2]. The number of benzene rings is 2. The zero-order chi connectivity index (χ0) is 30.6. The van der Waals surface area contributed by atoms with Crippen LogP contribution in [0.2, 0.25) is 0 Å². The van der Waals surface area contributed by atoms with Crippen molar-refractivity contribution in [2.75, 3.05) is 0 Å². The molecule has 0 saturated carbocycles. The van der Waals surface area contributed by atoms with Crippen LogP contribution in [0.15, 0.2) is 82.8 Å². The fraction of sp³-hybridized carbons (Fsp3) is 0.444. The van der Waals surface area contributed by atoms with Crippen LogP contribution < -0.4 is 0 Å². The minimum Gasteiger partial charge on any atom is -0.758 e. The molecule has 4 aromatic rings. The van der Waals surface area contributed by atoms with Gasteiger partial charge >= 0.3 is 17.1 Å². The Morgan fingerprint density at radius 2 is 0.933 bits per heavy atom. The summed E-state index contributed by atoms with van der Waals surface area (Å²) in [5.41, 5.74) is 3.31. The van der Waals surface area contributed by atoms with Gasteiger partial charge in [-0.2, -0.15) is 0 Å². The number of aliphatic imine (C=N–C) groups is 2. The second-order valence-corrected chi connectivity index (χ2v) is 12.9. The van der Waals surface area contributed by atoms with Crippen LogP contribution in [0.5, 0.6) is 0 Å². The second-order valence-electron chi connectivity index (χ2n) is 12.2. The number of para-hydroxylation sites is 2. The molecule has 0 N–H and O–H groups in total. The van der Waals surface area contributed by atoms with Gasteiger partial charge in [0.1, 0.15) is 0 Å². The first kappa shape index (κ1) is 43.1. The third-order valence-corrected chi connectivity index (χ3v) is 7.83. The smallest absolute Gasteiger partial charge is 0.758 e. The number of nitrogens with zero attached hydrogens (tertiary/aromatic N) is 4. The van der Waals surface area contributed by atoms with Gasteiger partial charge in [0.15, 0.2) is 0 Å². The molecule has 0 saturated heterocycles. The molecular formula is C36H48Cl2CuN4S2. The fourth-order valence-corrected chi connectivity index (χ4v) is 5.48. The number of hydrogen-bond donors (Lipinski definition) is 0. The van der Waals surface area contributed by atoms with E-state index >= 15 is 0 Å².